The van der Waals surface area contributed by atoms with Crippen molar-refractivity contribution in [2.45, 2.75) is 13.8 Å². The highest BCUT2D eigenvalue weighted by atomic mass is 16.1. The number of hydrogen-bond acceptors (Lipinski definition) is 3. The summed E-state index contributed by atoms with van der Waals surface area (Å²) >= 11 is 0. The zero-order chi connectivity index (χ0) is 16.9. The van der Waals surface area contributed by atoms with Gasteiger partial charge in [0.05, 0.1) is 11.9 Å². The SMILES string of the molecule is Cc1ccc(Nc2ccc(NC(=O)c3cccc(C)c3)cn2)cc1. The van der Waals surface area contributed by atoms with Crippen LogP contribution in [0.5, 0.6) is 0 Å². The largest absolute Gasteiger partial charge is 0.340 e. The van der Waals surface area contributed by atoms with Crippen molar-refractivity contribution in [3.8, 4) is 0 Å². The average molecular weight is 317 g/mol. The van der Waals surface area contributed by atoms with Crippen LogP contribution < -0.4 is 10.6 Å². The highest BCUT2D eigenvalue weighted by molar-refractivity contribution is 6.04. The van der Waals surface area contributed by atoms with Crippen molar-refractivity contribution >= 4 is 23.1 Å². The lowest BCUT2D eigenvalue weighted by molar-refractivity contribution is 0.102. The van der Waals surface area contributed by atoms with E-state index in [4.69, 9.17) is 0 Å². The Bertz CT molecular complexity index is 840. The summed E-state index contributed by atoms with van der Waals surface area (Å²) in [6, 6.07) is 19.2. The maximum atomic E-state index is 12.2. The summed E-state index contributed by atoms with van der Waals surface area (Å²) in [5.74, 6) is 0.590. The van der Waals surface area contributed by atoms with Gasteiger partial charge in [-0.3, -0.25) is 4.79 Å². The van der Waals surface area contributed by atoms with Crippen molar-refractivity contribution < 1.29 is 4.79 Å². The van der Waals surface area contributed by atoms with E-state index in [1.54, 1.807) is 12.3 Å². The van der Waals surface area contributed by atoms with E-state index in [0.717, 1.165) is 17.1 Å². The third-order valence-electron chi connectivity index (χ3n) is 3.63. The molecule has 2 N–H and O–H groups in total. The third kappa shape index (κ3) is 3.98. The molecule has 1 heterocycles. The molecule has 2 aromatic carbocycles. The Morgan fingerprint density at radius 1 is 0.875 bits per heavy atom. The lowest BCUT2D eigenvalue weighted by Gasteiger charge is -2.08. The minimum atomic E-state index is -0.139. The van der Waals surface area contributed by atoms with Gasteiger partial charge in [0.15, 0.2) is 0 Å². The van der Waals surface area contributed by atoms with Gasteiger partial charge < -0.3 is 10.6 Å². The van der Waals surface area contributed by atoms with Crippen molar-refractivity contribution in [2.24, 2.45) is 0 Å². The number of nitrogens with zero attached hydrogens (tertiary/aromatic N) is 1. The van der Waals surface area contributed by atoms with Gasteiger partial charge in [0, 0.05) is 11.3 Å². The molecule has 1 aromatic heterocycles. The highest BCUT2D eigenvalue weighted by Gasteiger charge is 2.06. The Balaban J connectivity index is 1.66. The summed E-state index contributed by atoms with van der Waals surface area (Å²) in [5.41, 5.74) is 4.54. The minimum absolute atomic E-state index is 0.139. The lowest BCUT2D eigenvalue weighted by Crippen LogP contribution is -2.12. The van der Waals surface area contributed by atoms with Gasteiger partial charge in [-0.05, 0) is 50.2 Å². The second-order valence-corrected chi connectivity index (χ2v) is 5.75. The van der Waals surface area contributed by atoms with Crippen LogP contribution in [0.2, 0.25) is 0 Å². The Morgan fingerprint density at radius 2 is 1.62 bits per heavy atom. The molecule has 24 heavy (non-hydrogen) atoms. The zero-order valence-electron chi connectivity index (χ0n) is 13.7. The predicted octanol–water partition coefficient (Wildman–Crippen LogP) is 4.69. The molecule has 0 atom stereocenters. The predicted molar refractivity (Wildman–Crippen MR) is 97.8 cm³/mol. The first-order chi connectivity index (χ1) is 11.6. The molecule has 0 fully saturated rings. The molecular formula is C20H19N3O. The van der Waals surface area contributed by atoms with Crippen LogP contribution in [-0.4, -0.2) is 10.9 Å². The molecule has 0 radical (unpaired) electrons. The molecule has 0 aliphatic rings. The average Bonchev–Trinajstić information content (AvgIpc) is 2.59. The van der Waals surface area contributed by atoms with Crippen molar-refractivity contribution in [3.63, 3.8) is 0 Å². The Hall–Kier alpha value is -3.14. The first-order valence-electron chi connectivity index (χ1n) is 7.78. The molecule has 120 valence electrons. The molecular weight excluding hydrogens is 298 g/mol. The summed E-state index contributed by atoms with van der Waals surface area (Å²) in [6.07, 6.45) is 1.64. The van der Waals surface area contributed by atoms with Crippen molar-refractivity contribution in [2.75, 3.05) is 10.6 Å². The number of nitrogens with one attached hydrogen (secondary N) is 2. The maximum Gasteiger partial charge on any atom is 0.255 e. The summed E-state index contributed by atoms with van der Waals surface area (Å²) in [7, 11) is 0. The van der Waals surface area contributed by atoms with E-state index in [-0.39, 0.29) is 5.91 Å². The fraction of sp³-hybridized carbons (Fsp3) is 0.100. The Morgan fingerprint density at radius 3 is 2.29 bits per heavy atom. The van der Waals surface area contributed by atoms with E-state index >= 15 is 0 Å². The van der Waals surface area contributed by atoms with Crippen LogP contribution >= 0.6 is 0 Å². The molecule has 0 saturated heterocycles. The number of carbonyl (C=O) groups excluding carboxylic acids is 1. The van der Waals surface area contributed by atoms with E-state index in [2.05, 4.69) is 15.6 Å². The first kappa shape index (κ1) is 15.7. The minimum Gasteiger partial charge on any atom is -0.340 e. The Labute approximate surface area is 141 Å². The first-order valence-corrected chi connectivity index (χ1v) is 7.78. The molecule has 0 aliphatic heterocycles. The molecule has 1 amide bonds. The molecule has 4 heteroatoms. The zero-order valence-corrected chi connectivity index (χ0v) is 13.7. The molecule has 3 aromatic rings. The van der Waals surface area contributed by atoms with Crippen LogP contribution in [0.15, 0.2) is 66.9 Å². The number of benzene rings is 2. The van der Waals surface area contributed by atoms with Gasteiger partial charge >= 0.3 is 0 Å². The number of amides is 1. The summed E-state index contributed by atoms with van der Waals surface area (Å²) in [6.45, 7) is 4.01. The number of aryl methyl sites for hydroxylation is 2. The molecule has 0 aliphatic carbocycles. The quantitative estimate of drug-likeness (QED) is 0.733. The van der Waals surface area contributed by atoms with E-state index in [9.17, 15) is 4.79 Å². The van der Waals surface area contributed by atoms with Crippen LogP contribution in [0.4, 0.5) is 17.2 Å². The van der Waals surface area contributed by atoms with E-state index in [0.29, 0.717) is 11.3 Å². The summed E-state index contributed by atoms with van der Waals surface area (Å²) in [5, 5.41) is 6.08. The lowest BCUT2D eigenvalue weighted by atomic mass is 10.1. The normalized spacial score (nSPS) is 10.2. The van der Waals surface area contributed by atoms with Crippen molar-refractivity contribution in [1.82, 2.24) is 4.98 Å². The number of rotatable bonds is 4. The third-order valence-corrected chi connectivity index (χ3v) is 3.63. The van der Waals surface area contributed by atoms with Gasteiger partial charge in [-0.25, -0.2) is 4.98 Å². The van der Waals surface area contributed by atoms with Gasteiger partial charge in [0.25, 0.3) is 5.91 Å². The maximum absolute atomic E-state index is 12.2. The standard InChI is InChI=1S/C20H19N3O/c1-14-6-8-17(9-7-14)22-19-11-10-18(13-21-19)23-20(24)16-5-3-4-15(2)12-16/h3-13H,1-2H3,(H,21,22)(H,23,24). The topological polar surface area (TPSA) is 54.0 Å². The van der Waals surface area contributed by atoms with E-state index in [1.807, 2.05) is 68.4 Å². The molecule has 0 unspecified atom stereocenters. The van der Waals surface area contributed by atoms with Crippen LogP contribution in [-0.2, 0) is 0 Å². The number of carbonyl (C=O) groups is 1. The summed E-state index contributed by atoms with van der Waals surface area (Å²) < 4.78 is 0. The van der Waals surface area contributed by atoms with Crippen LogP contribution in [0.1, 0.15) is 21.5 Å². The molecule has 4 nitrogen and oxygen atoms in total. The molecule has 3 rings (SSSR count). The second kappa shape index (κ2) is 6.96. The van der Waals surface area contributed by atoms with E-state index in [1.165, 1.54) is 5.56 Å². The molecule has 0 bridgehead atoms. The monoisotopic (exact) mass is 317 g/mol. The van der Waals surface area contributed by atoms with Gasteiger partial charge in [-0.2, -0.15) is 0 Å². The number of pyridine rings is 1. The number of hydrogen-bond donors (Lipinski definition) is 2. The fourth-order valence-corrected chi connectivity index (χ4v) is 2.32. The van der Waals surface area contributed by atoms with Crippen LogP contribution in [0.25, 0.3) is 0 Å². The van der Waals surface area contributed by atoms with Gasteiger partial charge in [0.2, 0.25) is 0 Å². The van der Waals surface area contributed by atoms with Gasteiger partial charge in [0.1, 0.15) is 5.82 Å². The van der Waals surface area contributed by atoms with Crippen LogP contribution in [0.3, 0.4) is 0 Å². The number of aromatic nitrogens is 1. The van der Waals surface area contributed by atoms with Gasteiger partial charge in [-0.15, -0.1) is 0 Å². The van der Waals surface area contributed by atoms with E-state index < -0.39 is 0 Å². The summed E-state index contributed by atoms with van der Waals surface area (Å²) in [4.78, 5) is 16.6. The highest BCUT2D eigenvalue weighted by Crippen LogP contribution is 2.17. The Kier molecular flexibility index (Phi) is 4.57. The van der Waals surface area contributed by atoms with Gasteiger partial charge in [-0.1, -0.05) is 35.4 Å². The smallest absolute Gasteiger partial charge is 0.255 e. The van der Waals surface area contributed by atoms with Crippen molar-refractivity contribution in [3.05, 3.63) is 83.6 Å². The molecule has 0 saturated carbocycles. The van der Waals surface area contributed by atoms with Crippen molar-refractivity contribution in [1.29, 1.82) is 0 Å². The number of anilines is 3. The fourth-order valence-electron chi connectivity index (χ4n) is 2.32. The molecule has 0 spiro atoms. The second-order valence-electron chi connectivity index (χ2n) is 5.75. The van der Waals surface area contributed by atoms with Crippen LogP contribution in [0, 0.1) is 13.8 Å².